The first kappa shape index (κ1) is 27.8. The summed E-state index contributed by atoms with van der Waals surface area (Å²) in [7, 11) is 0. The molecule has 0 aliphatic carbocycles. The zero-order chi connectivity index (χ0) is 31.9. The zero-order valence-electron chi connectivity index (χ0n) is 26.1. The van der Waals surface area contributed by atoms with Crippen LogP contribution in [0.5, 0.6) is 0 Å². The number of hydrogen-bond donors (Lipinski definition) is 0. The number of fused-ring (bicyclic) bond motifs is 5. The molecule has 226 valence electrons. The molecule has 2 heterocycles. The minimum Gasteiger partial charge on any atom is -0.453 e. The largest absolute Gasteiger partial charge is 0.453 e. The van der Waals surface area contributed by atoms with E-state index in [0.29, 0.717) is 0 Å². The van der Waals surface area contributed by atoms with Crippen LogP contribution in [-0.4, -0.2) is 4.98 Å². The van der Waals surface area contributed by atoms with Crippen molar-refractivity contribution in [2.45, 2.75) is 0 Å². The van der Waals surface area contributed by atoms with E-state index in [1.54, 1.807) is 0 Å². The third-order valence-corrected chi connectivity index (χ3v) is 9.11. The molecule has 0 saturated heterocycles. The minimum absolute atomic E-state index is 0.825. The Morgan fingerprint density at radius 1 is 0.396 bits per heavy atom. The van der Waals surface area contributed by atoms with Gasteiger partial charge in [0.1, 0.15) is 5.58 Å². The third-order valence-electron chi connectivity index (χ3n) is 9.11. The highest BCUT2D eigenvalue weighted by molar-refractivity contribution is 6.16. The predicted molar refractivity (Wildman–Crippen MR) is 200 cm³/mol. The standard InChI is InChI=1S/C45H30N2O/c1-3-13-31(14-4-1)32-25-27-33(28-26-32)35-17-11-18-36(29-35)47(42-23-10-8-19-37(42)34-15-5-2-6-16-34)43-24-12-21-38-40-30-46-41-22-9-7-20-39(41)44(40)48-45(38)43/h1-30H. The fraction of sp³-hybridized carbons (Fsp3) is 0. The Morgan fingerprint density at radius 3 is 1.79 bits per heavy atom. The van der Waals surface area contributed by atoms with Gasteiger partial charge in [-0.05, 0) is 64.2 Å². The van der Waals surface area contributed by atoms with Gasteiger partial charge in [0.05, 0.1) is 16.9 Å². The number of nitrogens with zero attached hydrogens (tertiary/aromatic N) is 2. The van der Waals surface area contributed by atoms with Gasteiger partial charge in [-0.25, -0.2) is 0 Å². The smallest absolute Gasteiger partial charge is 0.159 e. The fourth-order valence-corrected chi connectivity index (χ4v) is 6.79. The van der Waals surface area contributed by atoms with E-state index in [1.165, 1.54) is 11.1 Å². The van der Waals surface area contributed by atoms with Crippen molar-refractivity contribution in [2.75, 3.05) is 4.90 Å². The van der Waals surface area contributed by atoms with Gasteiger partial charge in [0.2, 0.25) is 0 Å². The maximum atomic E-state index is 6.85. The molecule has 0 saturated carbocycles. The lowest BCUT2D eigenvalue weighted by molar-refractivity contribution is 0.672. The van der Waals surface area contributed by atoms with Crippen LogP contribution in [0.4, 0.5) is 17.1 Å². The van der Waals surface area contributed by atoms with Crippen molar-refractivity contribution in [2.24, 2.45) is 0 Å². The van der Waals surface area contributed by atoms with Crippen LogP contribution in [0.3, 0.4) is 0 Å². The number of anilines is 3. The Morgan fingerprint density at radius 2 is 0.979 bits per heavy atom. The second kappa shape index (κ2) is 11.7. The Labute approximate surface area is 279 Å². The average molecular weight is 615 g/mol. The van der Waals surface area contributed by atoms with Crippen LogP contribution in [-0.2, 0) is 0 Å². The molecule has 9 aromatic rings. The number of aromatic nitrogens is 1. The van der Waals surface area contributed by atoms with Gasteiger partial charge >= 0.3 is 0 Å². The van der Waals surface area contributed by atoms with Crippen molar-refractivity contribution in [3.63, 3.8) is 0 Å². The number of hydrogen-bond acceptors (Lipinski definition) is 3. The van der Waals surface area contributed by atoms with Crippen molar-refractivity contribution < 1.29 is 4.42 Å². The normalized spacial score (nSPS) is 11.3. The summed E-state index contributed by atoms with van der Waals surface area (Å²) in [4.78, 5) is 7.11. The average Bonchev–Trinajstić information content (AvgIpc) is 3.56. The van der Waals surface area contributed by atoms with Gasteiger partial charge in [-0.15, -0.1) is 0 Å². The molecule has 48 heavy (non-hydrogen) atoms. The first-order valence-electron chi connectivity index (χ1n) is 16.2. The summed E-state index contributed by atoms with van der Waals surface area (Å²) in [6.07, 6.45) is 1.94. The van der Waals surface area contributed by atoms with Crippen LogP contribution in [0.2, 0.25) is 0 Å². The van der Waals surface area contributed by atoms with Crippen molar-refractivity contribution in [1.29, 1.82) is 0 Å². The van der Waals surface area contributed by atoms with E-state index in [2.05, 4.69) is 163 Å². The van der Waals surface area contributed by atoms with E-state index < -0.39 is 0 Å². The molecule has 0 fully saturated rings. The van der Waals surface area contributed by atoms with Crippen LogP contribution < -0.4 is 4.90 Å². The Bertz CT molecular complexity index is 2550. The lowest BCUT2D eigenvalue weighted by atomic mass is 9.99. The van der Waals surface area contributed by atoms with Crippen molar-refractivity contribution >= 4 is 49.9 Å². The van der Waals surface area contributed by atoms with E-state index in [1.807, 2.05) is 24.4 Å². The van der Waals surface area contributed by atoms with Gasteiger partial charge in [0.15, 0.2) is 5.58 Å². The van der Waals surface area contributed by atoms with Crippen LogP contribution in [0, 0.1) is 0 Å². The van der Waals surface area contributed by atoms with E-state index in [-0.39, 0.29) is 0 Å². The van der Waals surface area contributed by atoms with Gasteiger partial charge in [-0.3, -0.25) is 4.98 Å². The van der Waals surface area contributed by atoms with Gasteiger partial charge in [-0.1, -0.05) is 140 Å². The van der Waals surface area contributed by atoms with E-state index in [9.17, 15) is 0 Å². The molecule has 0 N–H and O–H groups in total. The Hall–Kier alpha value is -6.45. The predicted octanol–water partition coefficient (Wildman–Crippen LogP) is 12.6. The SMILES string of the molecule is c1ccc(-c2ccc(-c3cccc(N(c4ccccc4-c4ccccc4)c4cccc5c4oc4c6ccccc6ncc54)c3)cc2)cc1. The Kier molecular flexibility index (Phi) is 6.80. The number of pyridine rings is 1. The highest BCUT2D eigenvalue weighted by Crippen LogP contribution is 2.46. The highest BCUT2D eigenvalue weighted by Gasteiger charge is 2.23. The van der Waals surface area contributed by atoms with E-state index in [0.717, 1.165) is 72.2 Å². The van der Waals surface area contributed by atoms with Gasteiger partial charge < -0.3 is 9.32 Å². The highest BCUT2D eigenvalue weighted by atomic mass is 16.3. The number of furan rings is 1. The third kappa shape index (κ3) is 4.81. The molecule has 3 heteroatoms. The van der Waals surface area contributed by atoms with E-state index >= 15 is 0 Å². The van der Waals surface area contributed by atoms with Gasteiger partial charge in [-0.2, -0.15) is 0 Å². The Balaban J connectivity index is 1.26. The summed E-state index contributed by atoms with van der Waals surface area (Å²) in [5, 5.41) is 3.05. The van der Waals surface area contributed by atoms with Crippen LogP contribution in [0.15, 0.2) is 187 Å². The number of para-hydroxylation sites is 3. The van der Waals surface area contributed by atoms with Crippen LogP contribution in [0.1, 0.15) is 0 Å². The fourth-order valence-electron chi connectivity index (χ4n) is 6.79. The van der Waals surface area contributed by atoms with Crippen molar-refractivity contribution in [3.05, 3.63) is 182 Å². The lowest BCUT2D eigenvalue weighted by Crippen LogP contribution is -2.11. The second-order valence-electron chi connectivity index (χ2n) is 12.0. The molecule has 0 aliphatic heterocycles. The van der Waals surface area contributed by atoms with Gasteiger partial charge in [0, 0.05) is 33.6 Å². The molecule has 2 aromatic heterocycles. The molecule has 0 radical (unpaired) electrons. The topological polar surface area (TPSA) is 29.3 Å². The monoisotopic (exact) mass is 614 g/mol. The summed E-state index contributed by atoms with van der Waals surface area (Å²) in [5.41, 5.74) is 12.7. The summed E-state index contributed by atoms with van der Waals surface area (Å²) in [6.45, 7) is 0. The molecule has 0 amide bonds. The van der Waals surface area contributed by atoms with Crippen molar-refractivity contribution in [1.82, 2.24) is 4.98 Å². The minimum atomic E-state index is 0.825. The molecule has 0 unspecified atom stereocenters. The van der Waals surface area contributed by atoms with Crippen LogP contribution in [0.25, 0.3) is 66.2 Å². The maximum absolute atomic E-state index is 6.85. The van der Waals surface area contributed by atoms with Gasteiger partial charge in [0.25, 0.3) is 0 Å². The zero-order valence-corrected chi connectivity index (χ0v) is 26.1. The number of rotatable bonds is 6. The molecule has 0 spiro atoms. The summed E-state index contributed by atoms with van der Waals surface area (Å²) in [5.74, 6) is 0. The maximum Gasteiger partial charge on any atom is 0.159 e. The lowest BCUT2D eigenvalue weighted by Gasteiger charge is -2.28. The summed E-state index contributed by atoms with van der Waals surface area (Å²) in [6, 6.07) is 61.9. The molecule has 0 atom stereocenters. The first-order chi connectivity index (χ1) is 23.8. The second-order valence-corrected chi connectivity index (χ2v) is 12.0. The molecular weight excluding hydrogens is 585 g/mol. The molecule has 7 aromatic carbocycles. The summed E-state index contributed by atoms with van der Waals surface area (Å²) < 4.78 is 6.85. The number of benzene rings is 7. The summed E-state index contributed by atoms with van der Waals surface area (Å²) >= 11 is 0. The molecule has 0 bridgehead atoms. The first-order valence-corrected chi connectivity index (χ1v) is 16.2. The molecular formula is C45H30N2O. The molecule has 3 nitrogen and oxygen atoms in total. The van der Waals surface area contributed by atoms with E-state index in [4.69, 9.17) is 9.40 Å². The molecule has 9 rings (SSSR count). The van der Waals surface area contributed by atoms with Crippen LogP contribution >= 0.6 is 0 Å². The molecule has 0 aliphatic rings. The van der Waals surface area contributed by atoms with Crippen molar-refractivity contribution in [3.8, 4) is 33.4 Å². The quantitative estimate of drug-likeness (QED) is 0.187.